The first-order valence-electron chi connectivity index (χ1n) is 5.01. The zero-order chi connectivity index (χ0) is 11.4. The second-order valence-electron chi connectivity index (χ2n) is 3.37. The van der Waals surface area contributed by atoms with Crippen LogP contribution in [0.1, 0.15) is 5.82 Å². The first kappa shape index (κ1) is 10.4. The molecule has 0 radical (unpaired) electrons. The van der Waals surface area contributed by atoms with Gasteiger partial charge in [0.15, 0.2) is 5.82 Å². The minimum atomic E-state index is 0.608. The number of aromatic nitrogens is 4. The quantitative estimate of drug-likeness (QED) is 0.796. The second kappa shape index (κ2) is 4.61. The van der Waals surface area contributed by atoms with Crippen LogP contribution in [-0.4, -0.2) is 26.8 Å². The van der Waals surface area contributed by atoms with Crippen LogP contribution in [0.5, 0.6) is 0 Å². The molecule has 0 spiro atoms. The van der Waals surface area contributed by atoms with E-state index < -0.39 is 0 Å². The fourth-order valence-corrected chi connectivity index (χ4v) is 1.31. The molecule has 0 aliphatic carbocycles. The van der Waals surface area contributed by atoms with Gasteiger partial charge in [0.2, 0.25) is 0 Å². The summed E-state index contributed by atoms with van der Waals surface area (Å²) in [6, 6.07) is 5.77. The lowest BCUT2D eigenvalue weighted by Crippen LogP contribution is -2.07. The number of anilines is 2. The maximum atomic E-state index is 4.34. The molecule has 0 amide bonds. The van der Waals surface area contributed by atoms with Crippen LogP contribution in [0.2, 0.25) is 0 Å². The third-order valence-corrected chi connectivity index (χ3v) is 2.24. The number of rotatable bonds is 4. The topological polar surface area (TPSA) is 67.7 Å². The van der Waals surface area contributed by atoms with E-state index in [1.807, 2.05) is 36.9 Å². The van der Waals surface area contributed by atoms with E-state index in [2.05, 4.69) is 25.8 Å². The van der Waals surface area contributed by atoms with Crippen LogP contribution in [0.25, 0.3) is 0 Å². The van der Waals surface area contributed by atoms with Gasteiger partial charge in [-0.25, -0.2) is 4.98 Å². The van der Waals surface area contributed by atoms with Crippen molar-refractivity contribution in [3.8, 4) is 0 Å². The van der Waals surface area contributed by atoms with Gasteiger partial charge in [-0.1, -0.05) is 6.07 Å². The van der Waals surface area contributed by atoms with Crippen molar-refractivity contribution in [2.45, 2.75) is 6.54 Å². The average molecular weight is 218 g/mol. The Balaban J connectivity index is 2.02. The zero-order valence-corrected chi connectivity index (χ0v) is 9.31. The average Bonchev–Trinajstić information content (AvgIpc) is 2.72. The molecule has 6 heteroatoms. The Bertz CT molecular complexity index is 464. The maximum absolute atomic E-state index is 4.34. The van der Waals surface area contributed by atoms with Crippen molar-refractivity contribution in [3.05, 3.63) is 30.4 Å². The molecule has 0 saturated heterocycles. The van der Waals surface area contributed by atoms with E-state index in [0.29, 0.717) is 6.54 Å². The normalized spacial score (nSPS) is 10.1. The molecule has 2 N–H and O–H groups in total. The number of aryl methyl sites for hydroxylation is 1. The van der Waals surface area contributed by atoms with E-state index in [0.717, 1.165) is 17.5 Å². The minimum Gasteiger partial charge on any atom is -0.373 e. The molecule has 16 heavy (non-hydrogen) atoms. The zero-order valence-electron chi connectivity index (χ0n) is 9.31. The monoisotopic (exact) mass is 218 g/mol. The molecular formula is C10H14N6. The van der Waals surface area contributed by atoms with Crippen molar-refractivity contribution in [2.24, 2.45) is 7.05 Å². The highest BCUT2D eigenvalue weighted by atomic mass is 15.3. The Hall–Kier alpha value is -2.11. The van der Waals surface area contributed by atoms with Gasteiger partial charge in [-0.2, -0.15) is 0 Å². The fourth-order valence-electron chi connectivity index (χ4n) is 1.31. The molecule has 0 unspecified atom stereocenters. The van der Waals surface area contributed by atoms with Gasteiger partial charge in [0.05, 0.1) is 6.54 Å². The second-order valence-corrected chi connectivity index (χ2v) is 3.37. The van der Waals surface area contributed by atoms with Crippen LogP contribution >= 0.6 is 0 Å². The SMILES string of the molecule is CNc1cccc(NCc2nncn2C)n1. The Morgan fingerprint density at radius 2 is 2.12 bits per heavy atom. The van der Waals surface area contributed by atoms with Gasteiger partial charge in [0.25, 0.3) is 0 Å². The van der Waals surface area contributed by atoms with Crippen molar-refractivity contribution >= 4 is 11.6 Å². The standard InChI is InChI=1S/C10H14N6/c1-11-8-4-3-5-9(14-8)12-6-10-15-13-7-16(10)2/h3-5,7H,6H2,1-2H3,(H2,11,12,14). The molecule has 2 rings (SSSR count). The van der Waals surface area contributed by atoms with E-state index in [-0.39, 0.29) is 0 Å². The predicted molar refractivity (Wildman–Crippen MR) is 62.1 cm³/mol. The van der Waals surface area contributed by atoms with Crippen molar-refractivity contribution in [3.63, 3.8) is 0 Å². The summed E-state index contributed by atoms with van der Waals surface area (Å²) >= 11 is 0. The molecule has 0 aromatic carbocycles. The lowest BCUT2D eigenvalue weighted by atomic mass is 10.4. The lowest BCUT2D eigenvalue weighted by molar-refractivity contribution is 0.810. The maximum Gasteiger partial charge on any atom is 0.151 e. The molecule has 0 atom stereocenters. The number of nitrogens with one attached hydrogen (secondary N) is 2. The highest BCUT2D eigenvalue weighted by Gasteiger charge is 2.01. The minimum absolute atomic E-state index is 0.608. The number of nitrogens with zero attached hydrogens (tertiary/aromatic N) is 4. The first-order chi connectivity index (χ1) is 7.79. The third-order valence-electron chi connectivity index (χ3n) is 2.24. The summed E-state index contributed by atoms with van der Waals surface area (Å²) in [6.45, 7) is 0.608. The van der Waals surface area contributed by atoms with Crippen LogP contribution in [0.15, 0.2) is 24.5 Å². The van der Waals surface area contributed by atoms with Crippen LogP contribution in [0.4, 0.5) is 11.6 Å². The summed E-state index contributed by atoms with van der Waals surface area (Å²) in [5.41, 5.74) is 0. The molecule has 2 aromatic rings. The van der Waals surface area contributed by atoms with Gasteiger partial charge in [0.1, 0.15) is 18.0 Å². The van der Waals surface area contributed by atoms with E-state index in [9.17, 15) is 0 Å². The Kier molecular flexibility index (Phi) is 3.00. The summed E-state index contributed by atoms with van der Waals surface area (Å²) in [5, 5.41) is 14.0. The number of pyridine rings is 1. The molecule has 84 valence electrons. The molecule has 2 heterocycles. The lowest BCUT2D eigenvalue weighted by Gasteiger charge is -2.06. The van der Waals surface area contributed by atoms with Gasteiger partial charge < -0.3 is 15.2 Å². The molecule has 2 aromatic heterocycles. The van der Waals surface area contributed by atoms with Crippen molar-refractivity contribution in [1.82, 2.24) is 19.7 Å². The summed E-state index contributed by atoms with van der Waals surface area (Å²) < 4.78 is 1.87. The Labute approximate surface area is 93.7 Å². The van der Waals surface area contributed by atoms with Crippen LogP contribution in [0, 0.1) is 0 Å². The van der Waals surface area contributed by atoms with Gasteiger partial charge >= 0.3 is 0 Å². The van der Waals surface area contributed by atoms with Crippen LogP contribution in [-0.2, 0) is 13.6 Å². The van der Waals surface area contributed by atoms with E-state index >= 15 is 0 Å². The summed E-state index contributed by atoms with van der Waals surface area (Å²) in [5.74, 6) is 2.52. The van der Waals surface area contributed by atoms with Crippen LogP contribution in [0.3, 0.4) is 0 Å². The molecule has 0 bridgehead atoms. The highest BCUT2D eigenvalue weighted by Crippen LogP contribution is 2.09. The van der Waals surface area contributed by atoms with Crippen molar-refractivity contribution in [1.29, 1.82) is 0 Å². The molecular weight excluding hydrogens is 204 g/mol. The van der Waals surface area contributed by atoms with Crippen molar-refractivity contribution in [2.75, 3.05) is 17.7 Å². The van der Waals surface area contributed by atoms with Gasteiger partial charge in [-0.05, 0) is 12.1 Å². The Morgan fingerprint density at radius 1 is 1.31 bits per heavy atom. The van der Waals surface area contributed by atoms with E-state index in [1.54, 1.807) is 6.33 Å². The van der Waals surface area contributed by atoms with Gasteiger partial charge in [-0.15, -0.1) is 10.2 Å². The van der Waals surface area contributed by atoms with E-state index in [1.165, 1.54) is 0 Å². The highest BCUT2D eigenvalue weighted by molar-refractivity contribution is 5.44. The van der Waals surface area contributed by atoms with Gasteiger partial charge in [-0.3, -0.25) is 0 Å². The smallest absolute Gasteiger partial charge is 0.151 e. The summed E-state index contributed by atoms with van der Waals surface area (Å²) in [4.78, 5) is 4.34. The molecule has 0 fully saturated rings. The number of hydrogen-bond donors (Lipinski definition) is 2. The molecule has 0 saturated carbocycles. The molecule has 0 aliphatic rings. The summed E-state index contributed by atoms with van der Waals surface area (Å²) in [7, 11) is 3.75. The number of hydrogen-bond acceptors (Lipinski definition) is 5. The Morgan fingerprint density at radius 3 is 2.81 bits per heavy atom. The molecule has 6 nitrogen and oxygen atoms in total. The van der Waals surface area contributed by atoms with E-state index in [4.69, 9.17) is 0 Å². The fraction of sp³-hybridized carbons (Fsp3) is 0.300. The third kappa shape index (κ3) is 2.28. The predicted octanol–water partition coefficient (Wildman–Crippen LogP) is 0.864. The van der Waals surface area contributed by atoms with Gasteiger partial charge in [0, 0.05) is 14.1 Å². The first-order valence-corrected chi connectivity index (χ1v) is 5.01. The van der Waals surface area contributed by atoms with Crippen molar-refractivity contribution < 1.29 is 0 Å². The summed E-state index contributed by atoms with van der Waals surface area (Å²) in [6.07, 6.45) is 1.68. The van der Waals surface area contributed by atoms with Crippen LogP contribution < -0.4 is 10.6 Å². The largest absolute Gasteiger partial charge is 0.373 e. The molecule has 0 aliphatic heterocycles.